The molecule has 2 unspecified atom stereocenters. The van der Waals surface area contributed by atoms with Crippen molar-refractivity contribution in [1.82, 2.24) is 9.88 Å². The van der Waals surface area contributed by atoms with E-state index in [1.807, 2.05) is 61.4 Å². The summed E-state index contributed by atoms with van der Waals surface area (Å²) in [5, 5.41) is 3.02. The maximum absolute atomic E-state index is 12.5. The fourth-order valence-electron chi connectivity index (χ4n) is 3.00. The van der Waals surface area contributed by atoms with Crippen molar-refractivity contribution in [1.29, 1.82) is 0 Å². The lowest BCUT2D eigenvalue weighted by atomic mass is 10.1. The van der Waals surface area contributed by atoms with Crippen LogP contribution in [-0.4, -0.2) is 41.1 Å². The second-order valence-electron chi connectivity index (χ2n) is 6.52. The van der Waals surface area contributed by atoms with Crippen molar-refractivity contribution >= 4 is 23.3 Å². The summed E-state index contributed by atoms with van der Waals surface area (Å²) in [5.74, 6) is 0.739. The standard InChI is InChI=1S/C20H24N2O3S/c1-14-10-22(11-15(2)25-14)20(23)9-8-17-6-4-5-7-19(17)24-12-18-13-26-16(3)21-18/h4-9,13-15H,10-12H2,1-3H3. The summed E-state index contributed by atoms with van der Waals surface area (Å²) in [7, 11) is 0. The highest BCUT2D eigenvalue weighted by molar-refractivity contribution is 7.09. The Morgan fingerprint density at radius 1 is 1.35 bits per heavy atom. The smallest absolute Gasteiger partial charge is 0.246 e. The first-order chi connectivity index (χ1) is 12.5. The zero-order valence-electron chi connectivity index (χ0n) is 15.3. The van der Waals surface area contributed by atoms with Gasteiger partial charge in [0.2, 0.25) is 5.91 Å². The molecule has 0 N–H and O–H groups in total. The molecule has 26 heavy (non-hydrogen) atoms. The molecule has 5 nitrogen and oxygen atoms in total. The number of hydrogen-bond donors (Lipinski definition) is 0. The van der Waals surface area contributed by atoms with E-state index in [2.05, 4.69) is 4.98 Å². The van der Waals surface area contributed by atoms with Gasteiger partial charge in [-0.1, -0.05) is 18.2 Å². The predicted octanol–water partition coefficient (Wildman–Crippen LogP) is 3.68. The number of thiazole rings is 1. The molecule has 0 aliphatic carbocycles. The van der Waals surface area contributed by atoms with E-state index in [1.165, 1.54) is 0 Å². The van der Waals surface area contributed by atoms with Gasteiger partial charge in [-0.3, -0.25) is 4.79 Å². The molecule has 1 saturated heterocycles. The molecule has 2 atom stereocenters. The highest BCUT2D eigenvalue weighted by Gasteiger charge is 2.24. The van der Waals surface area contributed by atoms with Gasteiger partial charge in [0.1, 0.15) is 12.4 Å². The number of morpholine rings is 1. The van der Waals surface area contributed by atoms with Crippen LogP contribution in [0, 0.1) is 6.92 Å². The first-order valence-corrected chi connectivity index (χ1v) is 9.64. The first kappa shape index (κ1) is 18.6. The normalized spacial score (nSPS) is 20.5. The van der Waals surface area contributed by atoms with Gasteiger partial charge in [-0.25, -0.2) is 4.98 Å². The Balaban J connectivity index is 1.65. The van der Waals surface area contributed by atoms with E-state index in [-0.39, 0.29) is 18.1 Å². The second kappa shape index (κ2) is 8.47. The summed E-state index contributed by atoms with van der Waals surface area (Å²) in [6.07, 6.45) is 3.55. The number of aromatic nitrogens is 1. The van der Waals surface area contributed by atoms with E-state index in [1.54, 1.807) is 17.4 Å². The van der Waals surface area contributed by atoms with Gasteiger partial charge in [-0.05, 0) is 32.9 Å². The molecular formula is C20H24N2O3S. The molecule has 1 aliphatic heterocycles. The van der Waals surface area contributed by atoms with Gasteiger partial charge in [-0.15, -0.1) is 11.3 Å². The number of rotatable bonds is 5. The van der Waals surface area contributed by atoms with Crippen molar-refractivity contribution in [3.05, 3.63) is 52.0 Å². The fraction of sp³-hybridized carbons (Fsp3) is 0.400. The Labute approximate surface area is 158 Å². The minimum Gasteiger partial charge on any atom is -0.487 e. The third-order valence-electron chi connectivity index (χ3n) is 4.10. The maximum atomic E-state index is 12.5. The molecule has 1 aromatic heterocycles. The number of ether oxygens (including phenoxy) is 2. The number of hydrogen-bond acceptors (Lipinski definition) is 5. The monoisotopic (exact) mass is 372 g/mol. The lowest BCUT2D eigenvalue weighted by Crippen LogP contribution is -2.47. The van der Waals surface area contributed by atoms with E-state index in [0.717, 1.165) is 22.0 Å². The number of carbonyl (C=O) groups is 1. The van der Waals surface area contributed by atoms with Gasteiger partial charge in [-0.2, -0.15) is 0 Å². The molecule has 1 aromatic carbocycles. The molecule has 0 bridgehead atoms. The molecular weight excluding hydrogens is 348 g/mol. The van der Waals surface area contributed by atoms with E-state index in [4.69, 9.17) is 9.47 Å². The Morgan fingerprint density at radius 2 is 2.08 bits per heavy atom. The SMILES string of the molecule is Cc1nc(COc2ccccc2C=CC(=O)N2CC(C)OC(C)C2)cs1. The zero-order chi connectivity index (χ0) is 18.5. The lowest BCUT2D eigenvalue weighted by molar-refractivity contribution is -0.137. The molecule has 2 aromatic rings. The van der Waals surface area contributed by atoms with Crippen LogP contribution >= 0.6 is 11.3 Å². The van der Waals surface area contributed by atoms with Gasteiger partial charge in [0, 0.05) is 30.1 Å². The van der Waals surface area contributed by atoms with Crippen LogP contribution in [0.2, 0.25) is 0 Å². The van der Waals surface area contributed by atoms with Gasteiger partial charge < -0.3 is 14.4 Å². The number of aryl methyl sites for hydroxylation is 1. The molecule has 0 saturated carbocycles. The van der Waals surface area contributed by atoms with Crippen LogP contribution in [0.5, 0.6) is 5.75 Å². The highest BCUT2D eigenvalue weighted by Crippen LogP contribution is 2.21. The van der Waals surface area contributed by atoms with Crippen molar-refractivity contribution in [2.45, 2.75) is 39.6 Å². The third-order valence-corrected chi connectivity index (χ3v) is 4.92. The van der Waals surface area contributed by atoms with Crippen molar-refractivity contribution in [2.75, 3.05) is 13.1 Å². The molecule has 1 aliphatic rings. The van der Waals surface area contributed by atoms with Crippen LogP contribution in [0.25, 0.3) is 6.08 Å². The van der Waals surface area contributed by atoms with E-state index in [9.17, 15) is 4.79 Å². The minimum atomic E-state index is -0.00284. The van der Waals surface area contributed by atoms with Gasteiger partial charge in [0.15, 0.2) is 0 Å². The van der Waals surface area contributed by atoms with Crippen molar-refractivity contribution in [3.8, 4) is 5.75 Å². The third kappa shape index (κ3) is 4.93. The van der Waals surface area contributed by atoms with Crippen molar-refractivity contribution in [3.63, 3.8) is 0 Å². The summed E-state index contributed by atoms with van der Waals surface area (Å²) in [5.41, 5.74) is 1.79. The molecule has 0 radical (unpaired) electrons. The second-order valence-corrected chi connectivity index (χ2v) is 7.58. The summed E-state index contributed by atoms with van der Waals surface area (Å²) < 4.78 is 11.6. The number of amides is 1. The summed E-state index contributed by atoms with van der Waals surface area (Å²) in [6.45, 7) is 7.61. The Kier molecular flexibility index (Phi) is 6.06. The maximum Gasteiger partial charge on any atom is 0.246 e. The molecule has 0 spiro atoms. The number of para-hydroxylation sites is 1. The zero-order valence-corrected chi connectivity index (χ0v) is 16.2. The highest BCUT2D eigenvalue weighted by atomic mass is 32.1. The fourth-order valence-corrected chi connectivity index (χ4v) is 3.60. The van der Waals surface area contributed by atoms with E-state index in [0.29, 0.717) is 19.7 Å². The van der Waals surface area contributed by atoms with E-state index >= 15 is 0 Å². The van der Waals surface area contributed by atoms with Gasteiger partial charge in [0.05, 0.1) is 22.9 Å². The minimum absolute atomic E-state index is 0.00284. The Morgan fingerprint density at radius 3 is 2.77 bits per heavy atom. The molecule has 1 amide bonds. The summed E-state index contributed by atoms with van der Waals surface area (Å²) >= 11 is 1.61. The van der Waals surface area contributed by atoms with Crippen molar-refractivity contribution in [2.24, 2.45) is 0 Å². The molecule has 138 valence electrons. The molecule has 6 heteroatoms. The number of nitrogens with zero attached hydrogens (tertiary/aromatic N) is 2. The Hall–Kier alpha value is -2.18. The van der Waals surface area contributed by atoms with Crippen LogP contribution in [0.4, 0.5) is 0 Å². The molecule has 3 rings (SSSR count). The average Bonchev–Trinajstić information content (AvgIpc) is 3.03. The Bertz CT molecular complexity index is 777. The van der Waals surface area contributed by atoms with Crippen LogP contribution in [0.3, 0.4) is 0 Å². The summed E-state index contributed by atoms with van der Waals surface area (Å²) in [6, 6.07) is 7.70. The number of benzene rings is 1. The quantitative estimate of drug-likeness (QED) is 0.752. The molecule has 1 fully saturated rings. The summed E-state index contributed by atoms with van der Waals surface area (Å²) in [4.78, 5) is 18.7. The average molecular weight is 372 g/mol. The van der Waals surface area contributed by atoms with Crippen LogP contribution in [-0.2, 0) is 16.1 Å². The van der Waals surface area contributed by atoms with Gasteiger partial charge >= 0.3 is 0 Å². The van der Waals surface area contributed by atoms with Crippen LogP contribution < -0.4 is 4.74 Å². The topological polar surface area (TPSA) is 51.7 Å². The number of carbonyl (C=O) groups excluding carboxylic acids is 1. The van der Waals surface area contributed by atoms with Crippen LogP contribution in [0.15, 0.2) is 35.7 Å². The first-order valence-electron chi connectivity index (χ1n) is 8.76. The van der Waals surface area contributed by atoms with Crippen molar-refractivity contribution < 1.29 is 14.3 Å². The van der Waals surface area contributed by atoms with E-state index < -0.39 is 0 Å². The van der Waals surface area contributed by atoms with Crippen LogP contribution in [0.1, 0.15) is 30.1 Å². The predicted molar refractivity (Wildman–Crippen MR) is 103 cm³/mol. The lowest BCUT2D eigenvalue weighted by Gasteiger charge is -2.34. The molecule has 2 heterocycles. The van der Waals surface area contributed by atoms with Gasteiger partial charge in [0.25, 0.3) is 0 Å². The largest absolute Gasteiger partial charge is 0.487 e.